The Morgan fingerprint density at radius 3 is 2.79 bits per heavy atom. The third kappa shape index (κ3) is 3.28. The summed E-state index contributed by atoms with van der Waals surface area (Å²) in [6.07, 6.45) is -0.735. The average Bonchev–Trinajstić information content (AvgIpc) is 2.74. The van der Waals surface area contributed by atoms with Gasteiger partial charge in [-0.2, -0.15) is 4.37 Å². The zero-order valence-corrected chi connectivity index (χ0v) is 11.9. The SMILES string of the molecule is Cc1nsc(Sc2ccc(C(C)O)cc2[N+](=O)[O-])n1. The van der Waals surface area contributed by atoms with Gasteiger partial charge in [-0.3, -0.25) is 10.1 Å². The molecule has 1 heterocycles. The molecule has 0 aliphatic carbocycles. The van der Waals surface area contributed by atoms with Crippen LogP contribution in [0.2, 0.25) is 0 Å². The van der Waals surface area contributed by atoms with E-state index in [9.17, 15) is 15.2 Å². The second-order valence-corrected chi connectivity index (χ2v) is 5.91. The van der Waals surface area contributed by atoms with Crippen molar-refractivity contribution in [3.8, 4) is 0 Å². The first-order chi connectivity index (χ1) is 8.97. The van der Waals surface area contributed by atoms with Gasteiger partial charge in [0.05, 0.1) is 15.9 Å². The van der Waals surface area contributed by atoms with Crippen LogP contribution in [0.15, 0.2) is 27.4 Å². The van der Waals surface area contributed by atoms with Crippen LogP contribution in [-0.4, -0.2) is 19.4 Å². The second-order valence-electron chi connectivity index (χ2n) is 3.87. The Morgan fingerprint density at radius 1 is 1.53 bits per heavy atom. The predicted molar refractivity (Wildman–Crippen MR) is 72.5 cm³/mol. The fourth-order valence-corrected chi connectivity index (χ4v) is 3.13. The molecule has 19 heavy (non-hydrogen) atoms. The van der Waals surface area contributed by atoms with E-state index in [4.69, 9.17) is 0 Å². The standard InChI is InChI=1S/C11H11N3O3S2/c1-6(15)8-3-4-10(9(5-8)14(16)17)18-11-12-7(2)13-19-11/h3-6,15H,1-2H3. The summed E-state index contributed by atoms with van der Waals surface area (Å²) in [4.78, 5) is 15.3. The molecule has 0 aliphatic rings. The van der Waals surface area contributed by atoms with Crippen molar-refractivity contribution in [3.63, 3.8) is 0 Å². The van der Waals surface area contributed by atoms with Crippen molar-refractivity contribution in [1.82, 2.24) is 9.36 Å². The van der Waals surface area contributed by atoms with Gasteiger partial charge < -0.3 is 5.11 Å². The van der Waals surface area contributed by atoms with Crippen LogP contribution in [0, 0.1) is 17.0 Å². The van der Waals surface area contributed by atoms with Crippen LogP contribution in [0.1, 0.15) is 24.4 Å². The molecular formula is C11H11N3O3S2. The van der Waals surface area contributed by atoms with E-state index in [1.807, 2.05) is 0 Å². The molecule has 0 spiro atoms. The molecule has 1 aromatic heterocycles. The minimum absolute atomic E-state index is 0.0312. The molecule has 1 aromatic carbocycles. The Hall–Kier alpha value is -1.51. The van der Waals surface area contributed by atoms with Gasteiger partial charge in [0.2, 0.25) is 0 Å². The van der Waals surface area contributed by atoms with Gasteiger partial charge >= 0.3 is 0 Å². The van der Waals surface area contributed by atoms with Crippen molar-refractivity contribution in [2.24, 2.45) is 0 Å². The Labute approximate surface area is 117 Å². The Bertz CT molecular complexity index is 613. The summed E-state index contributed by atoms with van der Waals surface area (Å²) in [5.74, 6) is 0.649. The van der Waals surface area contributed by atoms with E-state index in [2.05, 4.69) is 9.36 Å². The second kappa shape index (κ2) is 5.64. The third-order valence-corrected chi connectivity index (χ3v) is 4.28. The summed E-state index contributed by atoms with van der Waals surface area (Å²) >= 11 is 2.41. The minimum Gasteiger partial charge on any atom is -0.389 e. The van der Waals surface area contributed by atoms with Crippen molar-refractivity contribution in [1.29, 1.82) is 0 Å². The first-order valence-electron chi connectivity index (χ1n) is 5.42. The summed E-state index contributed by atoms with van der Waals surface area (Å²) in [5.41, 5.74) is 0.487. The molecule has 2 aromatic rings. The topological polar surface area (TPSA) is 89.2 Å². The number of benzene rings is 1. The number of aryl methyl sites for hydroxylation is 1. The molecule has 0 fully saturated rings. The van der Waals surface area contributed by atoms with E-state index in [-0.39, 0.29) is 5.69 Å². The minimum atomic E-state index is -0.735. The van der Waals surface area contributed by atoms with E-state index >= 15 is 0 Å². The molecule has 8 heteroatoms. The van der Waals surface area contributed by atoms with Gasteiger partial charge in [0, 0.05) is 6.07 Å². The fourth-order valence-electron chi connectivity index (χ4n) is 1.44. The number of rotatable bonds is 4. The lowest BCUT2D eigenvalue weighted by atomic mass is 10.1. The summed E-state index contributed by atoms with van der Waals surface area (Å²) in [7, 11) is 0. The highest BCUT2D eigenvalue weighted by atomic mass is 32.2. The molecule has 1 N–H and O–H groups in total. The molecule has 6 nitrogen and oxygen atoms in total. The zero-order chi connectivity index (χ0) is 14.0. The van der Waals surface area contributed by atoms with Crippen LogP contribution in [0.25, 0.3) is 0 Å². The van der Waals surface area contributed by atoms with Crippen LogP contribution < -0.4 is 0 Å². The normalized spacial score (nSPS) is 12.4. The highest BCUT2D eigenvalue weighted by Gasteiger charge is 2.18. The van der Waals surface area contributed by atoms with E-state index in [1.165, 1.54) is 29.4 Å². The summed E-state index contributed by atoms with van der Waals surface area (Å²) in [6.45, 7) is 3.34. The molecule has 1 unspecified atom stereocenters. The van der Waals surface area contributed by atoms with E-state index < -0.39 is 11.0 Å². The van der Waals surface area contributed by atoms with Crippen LogP contribution in [0.5, 0.6) is 0 Å². The largest absolute Gasteiger partial charge is 0.389 e. The lowest BCUT2D eigenvalue weighted by molar-refractivity contribution is -0.387. The molecule has 2 rings (SSSR count). The summed E-state index contributed by atoms with van der Waals surface area (Å²) < 4.78 is 4.69. The maximum atomic E-state index is 11.1. The number of hydrogen-bond donors (Lipinski definition) is 1. The quantitative estimate of drug-likeness (QED) is 0.689. The number of hydrogen-bond acceptors (Lipinski definition) is 7. The molecule has 0 bridgehead atoms. The lowest BCUT2D eigenvalue weighted by Crippen LogP contribution is -1.96. The van der Waals surface area contributed by atoms with Crippen LogP contribution in [0.3, 0.4) is 0 Å². The van der Waals surface area contributed by atoms with Gasteiger partial charge in [-0.1, -0.05) is 17.8 Å². The molecule has 0 amide bonds. The van der Waals surface area contributed by atoms with E-state index in [1.54, 1.807) is 26.0 Å². The molecule has 0 saturated heterocycles. The third-order valence-electron chi connectivity index (χ3n) is 2.37. The molecule has 0 aliphatic heterocycles. The number of nitro benzene ring substituents is 1. The van der Waals surface area contributed by atoms with Crippen LogP contribution in [0.4, 0.5) is 5.69 Å². The molecule has 100 valence electrons. The number of aliphatic hydroxyl groups excluding tert-OH is 1. The smallest absolute Gasteiger partial charge is 0.283 e. The predicted octanol–water partition coefficient (Wildman–Crippen LogP) is 2.96. The lowest BCUT2D eigenvalue weighted by Gasteiger charge is -2.06. The Kier molecular flexibility index (Phi) is 4.13. The average molecular weight is 297 g/mol. The Morgan fingerprint density at radius 2 is 2.26 bits per heavy atom. The maximum Gasteiger partial charge on any atom is 0.283 e. The van der Waals surface area contributed by atoms with Crippen molar-refractivity contribution < 1.29 is 10.0 Å². The fraction of sp³-hybridized carbons (Fsp3) is 0.273. The summed E-state index contributed by atoms with van der Waals surface area (Å²) in [6, 6.07) is 4.69. The number of aromatic nitrogens is 2. The van der Waals surface area contributed by atoms with E-state index in [0.717, 1.165) is 0 Å². The summed E-state index contributed by atoms with van der Waals surface area (Å²) in [5, 5.41) is 20.5. The first-order valence-corrected chi connectivity index (χ1v) is 7.01. The molecular weight excluding hydrogens is 286 g/mol. The highest BCUT2D eigenvalue weighted by Crippen LogP contribution is 2.36. The van der Waals surface area contributed by atoms with Crippen LogP contribution in [-0.2, 0) is 0 Å². The number of aliphatic hydroxyl groups is 1. The van der Waals surface area contributed by atoms with Gasteiger partial charge in [0.1, 0.15) is 5.82 Å². The maximum absolute atomic E-state index is 11.1. The molecule has 0 radical (unpaired) electrons. The van der Waals surface area contributed by atoms with Crippen molar-refractivity contribution in [3.05, 3.63) is 39.7 Å². The number of nitro groups is 1. The van der Waals surface area contributed by atoms with Gasteiger partial charge in [-0.05, 0) is 37.0 Å². The number of nitrogens with zero attached hydrogens (tertiary/aromatic N) is 3. The van der Waals surface area contributed by atoms with Crippen LogP contribution >= 0.6 is 23.3 Å². The molecule has 1 atom stereocenters. The monoisotopic (exact) mass is 297 g/mol. The van der Waals surface area contributed by atoms with Crippen molar-refractivity contribution >= 4 is 29.0 Å². The Balaban J connectivity index is 2.36. The zero-order valence-electron chi connectivity index (χ0n) is 10.2. The molecule has 0 saturated carbocycles. The van der Waals surface area contributed by atoms with Crippen molar-refractivity contribution in [2.45, 2.75) is 29.2 Å². The van der Waals surface area contributed by atoms with Gasteiger partial charge in [0.15, 0.2) is 4.34 Å². The van der Waals surface area contributed by atoms with Gasteiger partial charge in [-0.15, -0.1) is 0 Å². The highest BCUT2D eigenvalue weighted by molar-refractivity contribution is 8.01. The van der Waals surface area contributed by atoms with E-state index in [0.29, 0.717) is 20.6 Å². The van der Waals surface area contributed by atoms with Gasteiger partial charge in [-0.25, -0.2) is 4.98 Å². The first kappa shape index (κ1) is 13.9. The van der Waals surface area contributed by atoms with Crippen molar-refractivity contribution in [2.75, 3.05) is 0 Å². The van der Waals surface area contributed by atoms with Gasteiger partial charge in [0.25, 0.3) is 5.69 Å².